The molecule has 1 aromatic heterocycles. The van der Waals surface area contributed by atoms with Gasteiger partial charge in [-0.3, -0.25) is 9.59 Å². The van der Waals surface area contributed by atoms with E-state index in [0.29, 0.717) is 26.6 Å². The van der Waals surface area contributed by atoms with Crippen LogP contribution in [0.1, 0.15) is 38.9 Å². The lowest BCUT2D eigenvalue weighted by Gasteiger charge is -2.26. The zero-order valence-corrected chi connectivity index (χ0v) is 19.8. The summed E-state index contributed by atoms with van der Waals surface area (Å²) in [4.78, 5) is 28.7. The molecule has 4 aromatic rings. The first-order valence-electron chi connectivity index (χ1n) is 10.5. The number of hydrogen-bond acceptors (Lipinski definition) is 5. The van der Waals surface area contributed by atoms with Gasteiger partial charge in [-0.15, -0.1) is 0 Å². The number of methoxy groups -OCH3 is 1. The Balaban J connectivity index is 1.76. The summed E-state index contributed by atoms with van der Waals surface area (Å²) >= 11 is 3.33. The van der Waals surface area contributed by atoms with Gasteiger partial charge in [-0.2, -0.15) is 0 Å². The second-order valence-electron chi connectivity index (χ2n) is 8.19. The van der Waals surface area contributed by atoms with E-state index in [1.807, 2.05) is 13.0 Å². The molecule has 0 aliphatic carbocycles. The zero-order chi connectivity index (χ0) is 24.1. The first-order chi connectivity index (χ1) is 16.3. The Labute approximate surface area is 202 Å². The molecule has 0 saturated carbocycles. The molecule has 3 aromatic carbocycles. The van der Waals surface area contributed by atoms with E-state index >= 15 is 0 Å². The van der Waals surface area contributed by atoms with E-state index in [1.165, 1.54) is 24.1 Å². The van der Waals surface area contributed by atoms with Crippen molar-refractivity contribution in [2.24, 2.45) is 0 Å². The van der Waals surface area contributed by atoms with Crippen molar-refractivity contribution in [2.45, 2.75) is 19.5 Å². The first kappa shape index (κ1) is 22.2. The largest absolute Gasteiger partial charge is 0.503 e. The monoisotopic (exact) mass is 523 g/mol. The molecule has 8 heteroatoms. The quantitative estimate of drug-likeness (QED) is 0.384. The second-order valence-corrected chi connectivity index (χ2v) is 9.04. The summed E-state index contributed by atoms with van der Waals surface area (Å²) in [7, 11) is 1.42. The lowest BCUT2D eigenvalue weighted by atomic mass is 9.97. The molecule has 1 aliphatic rings. The van der Waals surface area contributed by atoms with Crippen molar-refractivity contribution >= 4 is 32.8 Å². The zero-order valence-electron chi connectivity index (χ0n) is 18.3. The average molecular weight is 524 g/mol. The van der Waals surface area contributed by atoms with Gasteiger partial charge in [0.15, 0.2) is 16.9 Å². The number of carbonyl (C=O) groups is 1. The Morgan fingerprint density at radius 3 is 2.56 bits per heavy atom. The van der Waals surface area contributed by atoms with E-state index in [-0.39, 0.29) is 40.6 Å². The summed E-state index contributed by atoms with van der Waals surface area (Å²) in [5.41, 5.74) is 2.36. The molecule has 0 fully saturated rings. The molecule has 0 spiro atoms. The Morgan fingerprint density at radius 2 is 1.85 bits per heavy atom. The van der Waals surface area contributed by atoms with Crippen LogP contribution >= 0.6 is 15.9 Å². The van der Waals surface area contributed by atoms with Crippen LogP contribution in [0.15, 0.2) is 68.3 Å². The van der Waals surface area contributed by atoms with Gasteiger partial charge in [0.05, 0.1) is 28.6 Å². The Hall–Kier alpha value is -3.65. The van der Waals surface area contributed by atoms with Gasteiger partial charge in [0, 0.05) is 6.54 Å². The number of phenolic OH excluding ortho intramolecular Hbond substituents is 1. The summed E-state index contributed by atoms with van der Waals surface area (Å²) < 4.78 is 25.1. The Kier molecular flexibility index (Phi) is 5.40. The van der Waals surface area contributed by atoms with Crippen molar-refractivity contribution in [2.75, 3.05) is 7.11 Å². The highest BCUT2D eigenvalue weighted by atomic mass is 79.9. The van der Waals surface area contributed by atoms with Crippen molar-refractivity contribution < 1.29 is 23.4 Å². The maximum atomic E-state index is 13.7. The minimum atomic E-state index is -0.806. The number of ether oxygens (including phenoxy) is 1. The van der Waals surface area contributed by atoms with Gasteiger partial charge in [-0.25, -0.2) is 4.39 Å². The lowest BCUT2D eigenvalue weighted by Crippen LogP contribution is -2.29. The number of nitrogens with zero attached hydrogens (tertiary/aromatic N) is 1. The van der Waals surface area contributed by atoms with Crippen LogP contribution in [0.4, 0.5) is 4.39 Å². The molecule has 2 heterocycles. The van der Waals surface area contributed by atoms with E-state index in [0.717, 1.165) is 5.56 Å². The molecule has 1 unspecified atom stereocenters. The molecule has 1 atom stereocenters. The van der Waals surface area contributed by atoms with Gasteiger partial charge < -0.3 is 19.2 Å². The molecule has 0 saturated heterocycles. The van der Waals surface area contributed by atoms with Crippen LogP contribution in [0.25, 0.3) is 11.0 Å². The van der Waals surface area contributed by atoms with Crippen molar-refractivity contribution in [1.82, 2.24) is 4.90 Å². The van der Waals surface area contributed by atoms with Crippen molar-refractivity contribution in [1.29, 1.82) is 0 Å². The van der Waals surface area contributed by atoms with Crippen LogP contribution in [0.2, 0.25) is 0 Å². The van der Waals surface area contributed by atoms with E-state index in [1.54, 1.807) is 36.4 Å². The smallest absolute Gasteiger partial charge is 0.291 e. The number of rotatable bonds is 4. The van der Waals surface area contributed by atoms with E-state index in [9.17, 15) is 19.1 Å². The highest BCUT2D eigenvalue weighted by molar-refractivity contribution is 9.10. The summed E-state index contributed by atoms with van der Waals surface area (Å²) in [5.74, 6) is -0.777. The Bertz CT molecular complexity index is 1510. The van der Waals surface area contributed by atoms with Gasteiger partial charge in [-0.1, -0.05) is 23.8 Å². The van der Waals surface area contributed by atoms with Crippen LogP contribution in [-0.4, -0.2) is 23.0 Å². The topological polar surface area (TPSA) is 80.0 Å². The normalized spacial score (nSPS) is 15.1. The van der Waals surface area contributed by atoms with Crippen LogP contribution < -0.4 is 10.2 Å². The maximum absolute atomic E-state index is 13.7. The first-order valence-corrected chi connectivity index (χ1v) is 11.3. The number of phenols is 1. The number of hydrogen-bond donors (Lipinski definition) is 1. The maximum Gasteiger partial charge on any atom is 0.291 e. The van der Waals surface area contributed by atoms with Crippen LogP contribution in [0.3, 0.4) is 0 Å². The summed E-state index contributed by atoms with van der Waals surface area (Å²) in [6.07, 6.45) is 0. The molecular formula is C26H19BrFNO5. The fourth-order valence-electron chi connectivity index (χ4n) is 4.34. The molecule has 5 rings (SSSR count). The number of benzene rings is 3. The number of amides is 1. The number of halogens is 2. The molecule has 1 aliphatic heterocycles. The van der Waals surface area contributed by atoms with Crippen molar-refractivity contribution in [3.63, 3.8) is 0 Å². The standard InChI is InChI=1S/C26H19BrFNO5/c1-13-3-8-19-17(9-13)23(30)21-22(15-10-18(27)24(31)20(11-15)33-2)29(26(32)25(21)34-19)12-14-4-6-16(28)7-5-14/h3-11,22,31H,12H2,1-2H3. The van der Waals surface area contributed by atoms with Crippen LogP contribution in [-0.2, 0) is 6.54 Å². The molecule has 6 nitrogen and oxygen atoms in total. The summed E-state index contributed by atoms with van der Waals surface area (Å²) in [6.45, 7) is 1.99. The number of aromatic hydroxyl groups is 1. The summed E-state index contributed by atoms with van der Waals surface area (Å²) in [6, 6.07) is 13.5. The molecular weight excluding hydrogens is 505 g/mol. The highest BCUT2D eigenvalue weighted by Gasteiger charge is 2.43. The predicted molar refractivity (Wildman–Crippen MR) is 128 cm³/mol. The lowest BCUT2D eigenvalue weighted by molar-refractivity contribution is 0.0714. The fourth-order valence-corrected chi connectivity index (χ4v) is 4.80. The molecule has 34 heavy (non-hydrogen) atoms. The molecule has 172 valence electrons. The Morgan fingerprint density at radius 1 is 1.12 bits per heavy atom. The van der Waals surface area contributed by atoms with Gasteiger partial charge in [0.1, 0.15) is 11.4 Å². The van der Waals surface area contributed by atoms with Crippen LogP contribution in [0.5, 0.6) is 11.5 Å². The average Bonchev–Trinajstić information content (AvgIpc) is 3.09. The SMILES string of the molecule is COc1cc(C2c3c(oc4ccc(C)cc4c3=O)C(=O)N2Cc2ccc(F)cc2)cc(Br)c1O. The summed E-state index contributed by atoms with van der Waals surface area (Å²) in [5, 5.41) is 10.7. The second kappa shape index (κ2) is 8.29. The van der Waals surface area contributed by atoms with Gasteiger partial charge in [0.2, 0.25) is 5.76 Å². The minimum Gasteiger partial charge on any atom is -0.503 e. The third-order valence-corrected chi connectivity index (χ3v) is 6.58. The number of fused-ring (bicyclic) bond motifs is 2. The van der Waals surface area contributed by atoms with Crippen molar-refractivity contribution in [3.8, 4) is 11.5 Å². The van der Waals surface area contributed by atoms with E-state index < -0.39 is 11.9 Å². The molecule has 0 radical (unpaired) electrons. The minimum absolute atomic E-state index is 0.0309. The van der Waals surface area contributed by atoms with Gasteiger partial charge >= 0.3 is 0 Å². The predicted octanol–water partition coefficient (Wildman–Crippen LogP) is 5.46. The number of aryl methyl sites for hydroxylation is 1. The van der Waals surface area contributed by atoms with Crippen molar-refractivity contribution in [3.05, 3.63) is 103 Å². The highest BCUT2D eigenvalue weighted by Crippen LogP contribution is 2.44. The van der Waals surface area contributed by atoms with Gasteiger partial charge in [-0.05, 0) is 70.4 Å². The van der Waals surface area contributed by atoms with E-state index in [4.69, 9.17) is 9.15 Å². The molecule has 1 amide bonds. The number of carbonyl (C=O) groups excluding carboxylic acids is 1. The third-order valence-electron chi connectivity index (χ3n) is 5.97. The molecule has 1 N–H and O–H groups in total. The van der Waals surface area contributed by atoms with Gasteiger partial charge in [0.25, 0.3) is 5.91 Å². The molecule has 0 bridgehead atoms. The van der Waals surface area contributed by atoms with E-state index in [2.05, 4.69) is 15.9 Å². The third kappa shape index (κ3) is 3.54. The van der Waals surface area contributed by atoms with Crippen LogP contribution in [0, 0.1) is 12.7 Å². The fraction of sp³-hybridized carbons (Fsp3) is 0.154.